The van der Waals surface area contributed by atoms with E-state index in [0.29, 0.717) is 22.4 Å². The first-order valence-corrected chi connectivity index (χ1v) is 8.56. The fourth-order valence-corrected chi connectivity index (χ4v) is 2.95. The SMILES string of the molecule is Cc1cc(C(=O)OC(C)C(=O)Nc2ccc(Cl)cn2)c(C)n1C1CC1. The molecule has 0 radical (unpaired) electrons. The highest BCUT2D eigenvalue weighted by Crippen LogP contribution is 2.38. The summed E-state index contributed by atoms with van der Waals surface area (Å²) in [6.45, 7) is 5.41. The number of aryl methyl sites for hydroxylation is 1. The van der Waals surface area contributed by atoms with E-state index in [2.05, 4.69) is 14.9 Å². The number of aromatic nitrogens is 2. The van der Waals surface area contributed by atoms with Crippen molar-refractivity contribution in [2.45, 2.75) is 45.8 Å². The zero-order chi connectivity index (χ0) is 18.1. The minimum atomic E-state index is -0.936. The van der Waals surface area contributed by atoms with E-state index in [4.69, 9.17) is 16.3 Å². The molecule has 1 atom stereocenters. The van der Waals surface area contributed by atoms with E-state index in [1.807, 2.05) is 19.9 Å². The second kappa shape index (κ2) is 6.88. The molecule has 2 heterocycles. The summed E-state index contributed by atoms with van der Waals surface area (Å²) in [6.07, 6.45) is 2.77. The Morgan fingerprint density at radius 3 is 2.68 bits per heavy atom. The Morgan fingerprint density at radius 2 is 2.08 bits per heavy atom. The number of nitrogens with one attached hydrogen (secondary N) is 1. The largest absolute Gasteiger partial charge is 0.449 e. The molecular formula is C18H20ClN3O3. The molecule has 7 heteroatoms. The number of carbonyl (C=O) groups excluding carboxylic acids is 2. The van der Waals surface area contributed by atoms with Gasteiger partial charge in [-0.25, -0.2) is 9.78 Å². The lowest BCUT2D eigenvalue weighted by Gasteiger charge is -2.13. The maximum atomic E-state index is 12.4. The van der Waals surface area contributed by atoms with Gasteiger partial charge in [0.1, 0.15) is 5.82 Å². The zero-order valence-corrected chi connectivity index (χ0v) is 15.1. The van der Waals surface area contributed by atoms with E-state index in [1.54, 1.807) is 12.1 Å². The lowest BCUT2D eigenvalue weighted by Crippen LogP contribution is -2.30. The molecule has 1 N–H and O–H groups in total. The van der Waals surface area contributed by atoms with Crippen LogP contribution in [-0.4, -0.2) is 27.5 Å². The second-order valence-corrected chi connectivity index (χ2v) is 6.72. The first-order chi connectivity index (χ1) is 11.9. The minimum Gasteiger partial charge on any atom is -0.449 e. The number of ether oxygens (including phenoxy) is 1. The predicted octanol–water partition coefficient (Wildman–Crippen LogP) is 3.67. The third-order valence-electron chi connectivity index (χ3n) is 4.25. The highest BCUT2D eigenvalue weighted by atomic mass is 35.5. The van der Waals surface area contributed by atoms with Crippen molar-refractivity contribution in [2.24, 2.45) is 0 Å². The van der Waals surface area contributed by atoms with E-state index < -0.39 is 18.0 Å². The molecule has 1 fully saturated rings. The van der Waals surface area contributed by atoms with Crippen molar-refractivity contribution in [1.29, 1.82) is 0 Å². The van der Waals surface area contributed by atoms with Crippen molar-refractivity contribution >= 4 is 29.3 Å². The number of hydrogen-bond acceptors (Lipinski definition) is 4. The Bertz CT molecular complexity index is 810. The van der Waals surface area contributed by atoms with Gasteiger partial charge in [-0.3, -0.25) is 4.79 Å². The van der Waals surface area contributed by atoms with Gasteiger partial charge in [-0.05, 0) is 51.8 Å². The molecule has 1 aliphatic rings. The van der Waals surface area contributed by atoms with Crippen LogP contribution in [0.15, 0.2) is 24.4 Å². The molecule has 2 aromatic rings. The van der Waals surface area contributed by atoms with Gasteiger partial charge < -0.3 is 14.6 Å². The molecule has 1 aliphatic carbocycles. The summed E-state index contributed by atoms with van der Waals surface area (Å²) >= 11 is 5.76. The lowest BCUT2D eigenvalue weighted by molar-refractivity contribution is -0.123. The van der Waals surface area contributed by atoms with Gasteiger partial charge in [0.25, 0.3) is 5.91 Å². The Balaban J connectivity index is 1.65. The smallest absolute Gasteiger partial charge is 0.340 e. The van der Waals surface area contributed by atoms with E-state index in [-0.39, 0.29) is 0 Å². The highest BCUT2D eigenvalue weighted by molar-refractivity contribution is 6.30. The zero-order valence-electron chi connectivity index (χ0n) is 14.4. The Labute approximate surface area is 151 Å². The second-order valence-electron chi connectivity index (χ2n) is 6.28. The van der Waals surface area contributed by atoms with Crippen LogP contribution in [0, 0.1) is 13.8 Å². The molecule has 0 saturated heterocycles. The molecule has 132 valence electrons. The average Bonchev–Trinajstić information content (AvgIpc) is 3.34. The van der Waals surface area contributed by atoms with Crippen LogP contribution >= 0.6 is 11.6 Å². The Morgan fingerprint density at radius 1 is 1.36 bits per heavy atom. The van der Waals surface area contributed by atoms with E-state index >= 15 is 0 Å². The summed E-state index contributed by atoms with van der Waals surface area (Å²) < 4.78 is 7.49. The number of pyridine rings is 1. The summed E-state index contributed by atoms with van der Waals surface area (Å²) in [7, 11) is 0. The highest BCUT2D eigenvalue weighted by Gasteiger charge is 2.29. The monoisotopic (exact) mass is 361 g/mol. The van der Waals surface area contributed by atoms with Gasteiger partial charge >= 0.3 is 5.97 Å². The first-order valence-electron chi connectivity index (χ1n) is 8.18. The van der Waals surface area contributed by atoms with Gasteiger partial charge in [-0.1, -0.05) is 11.6 Å². The number of nitrogens with zero attached hydrogens (tertiary/aromatic N) is 2. The van der Waals surface area contributed by atoms with Crippen molar-refractivity contribution in [3.8, 4) is 0 Å². The molecule has 2 aromatic heterocycles. The Kier molecular flexibility index (Phi) is 4.81. The number of esters is 1. The molecule has 0 spiro atoms. The van der Waals surface area contributed by atoms with Gasteiger partial charge in [0.05, 0.1) is 10.6 Å². The van der Waals surface area contributed by atoms with E-state index in [0.717, 1.165) is 24.2 Å². The molecule has 0 bridgehead atoms. The van der Waals surface area contributed by atoms with Gasteiger partial charge in [0.2, 0.25) is 0 Å². The van der Waals surface area contributed by atoms with Crippen molar-refractivity contribution in [3.63, 3.8) is 0 Å². The lowest BCUT2D eigenvalue weighted by atomic mass is 10.2. The number of anilines is 1. The normalized spacial score (nSPS) is 14.9. The van der Waals surface area contributed by atoms with Crippen LogP contribution in [0.25, 0.3) is 0 Å². The van der Waals surface area contributed by atoms with Crippen molar-refractivity contribution in [1.82, 2.24) is 9.55 Å². The fraction of sp³-hybridized carbons (Fsp3) is 0.389. The predicted molar refractivity (Wildman–Crippen MR) is 94.9 cm³/mol. The average molecular weight is 362 g/mol. The summed E-state index contributed by atoms with van der Waals surface area (Å²) in [6, 6.07) is 5.51. The maximum absolute atomic E-state index is 12.4. The third-order valence-corrected chi connectivity index (χ3v) is 4.47. The van der Waals surface area contributed by atoms with Gasteiger partial charge in [-0.15, -0.1) is 0 Å². The van der Waals surface area contributed by atoms with E-state index in [1.165, 1.54) is 13.1 Å². The number of hydrogen-bond donors (Lipinski definition) is 1. The summed E-state index contributed by atoms with van der Waals surface area (Å²) in [4.78, 5) is 28.6. The van der Waals surface area contributed by atoms with Crippen LogP contribution in [0.1, 0.15) is 47.6 Å². The van der Waals surface area contributed by atoms with Crippen molar-refractivity contribution in [3.05, 3.63) is 46.4 Å². The van der Waals surface area contributed by atoms with Crippen LogP contribution in [0.3, 0.4) is 0 Å². The van der Waals surface area contributed by atoms with E-state index in [9.17, 15) is 9.59 Å². The number of rotatable bonds is 5. The standard InChI is InChI=1S/C18H20ClN3O3/c1-10-8-15(11(2)22(10)14-5-6-14)18(24)25-12(3)17(23)21-16-7-4-13(19)9-20-16/h4,7-9,12,14H,5-6H2,1-3H3,(H,20,21,23). The molecule has 1 amide bonds. The minimum absolute atomic E-state index is 0.351. The topological polar surface area (TPSA) is 73.2 Å². The molecule has 3 rings (SSSR count). The fourth-order valence-electron chi connectivity index (χ4n) is 2.83. The number of halogens is 1. The maximum Gasteiger partial charge on any atom is 0.340 e. The van der Waals surface area contributed by atoms with Crippen LogP contribution in [0.2, 0.25) is 5.02 Å². The first kappa shape index (κ1) is 17.5. The third kappa shape index (κ3) is 3.85. The summed E-state index contributed by atoms with van der Waals surface area (Å²) in [5.41, 5.74) is 2.43. The van der Waals surface area contributed by atoms with Crippen LogP contribution in [0.4, 0.5) is 5.82 Å². The van der Waals surface area contributed by atoms with Gasteiger partial charge in [0.15, 0.2) is 6.10 Å². The molecule has 6 nitrogen and oxygen atoms in total. The molecule has 1 saturated carbocycles. The summed E-state index contributed by atoms with van der Waals surface area (Å²) in [5, 5.41) is 3.07. The number of carbonyl (C=O) groups is 2. The molecule has 0 aliphatic heterocycles. The molecular weight excluding hydrogens is 342 g/mol. The number of amides is 1. The molecule has 0 aromatic carbocycles. The molecule has 1 unspecified atom stereocenters. The van der Waals surface area contributed by atoms with Crippen LogP contribution in [-0.2, 0) is 9.53 Å². The quantitative estimate of drug-likeness (QED) is 0.824. The van der Waals surface area contributed by atoms with Crippen LogP contribution < -0.4 is 5.32 Å². The van der Waals surface area contributed by atoms with Crippen LogP contribution in [0.5, 0.6) is 0 Å². The van der Waals surface area contributed by atoms with Crippen molar-refractivity contribution in [2.75, 3.05) is 5.32 Å². The van der Waals surface area contributed by atoms with Gasteiger partial charge in [-0.2, -0.15) is 0 Å². The van der Waals surface area contributed by atoms with Crippen molar-refractivity contribution < 1.29 is 14.3 Å². The Hall–Kier alpha value is -2.34. The summed E-state index contributed by atoms with van der Waals surface area (Å²) in [5.74, 6) is -0.588. The van der Waals surface area contributed by atoms with Gasteiger partial charge in [0, 0.05) is 23.6 Å². The molecule has 25 heavy (non-hydrogen) atoms.